The molecule has 0 aliphatic rings. The Balaban J connectivity index is 2.25. The lowest BCUT2D eigenvalue weighted by Gasteiger charge is -2.12. The molecule has 2 aromatic rings. The fraction of sp³-hybridized carbons (Fsp3) is 0.333. The minimum Gasteiger partial charge on any atom is -0.334 e. The van der Waals surface area contributed by atoms with Crippen molar-refractivity contribution in [1.82, 2.24) is 15.0 Å². The summed E-state index contributed by atoms with van der Waals surface area (Å²) >= 11 is 9.36. The molecule has 0 aliphatic heterocycles. The molecule has 1 aromatic carbocycles. The van der Waals surface area contributed by atoms with E-state index in [1.807, 2.05) is 25.1 Å². The van der Waals surface area contributed by atoms with Crippen LogP contribution in [0.2, 0.25) is 5.02 Å². The summed E-state index contributed by atoms with van der Waals surface area (Å²) < 4.78 is 6.08. The highest BCUT2D eigenvalue weighted by Crippen LogP contribution is 2.26. The maximum absolute atomic E-state index is 5.99. The Kier molecular flexibility index (Phi) is 4.57. The van der Waals surface area contributed by atoms with Gasteiger partial charge in [-0.25, -0.2) is 0 Å². The standard InChI is InChI=1S/C12H14BrClN4O/c1-18(2)6-10(15)11-16-12(19-17-11)7-3-8(13)5-9(14)4-7/h3-5,10H,6,15H2,1-2H3. The van der Waals surface area contributed by atoms with Gasteiger partial charge in [-0.2, -0.15) is 4.98 Å². The van der Waals surface area contributed by atoms with E-state index in [9.17, 15) is 0 Å². The van der Waals surface area contributed by atoms with Crippen LogP contribution in [0.5, 0.6) is 0 Å². The van der Waals surface area contributed by atoms with Gasteiger partial charge in [-0.3, -0.25) is 0 Å². The fourth-order valence-corrected chi connectivity index (χ4v) is 2.52. The van der Waals surface area contributed by atoms with Gasteiger partial charge in [0, 0.05) is 21.6 Å². The van der Waals surface area contributed by atoms with Crippen LogP contribution in [-0.4, -0.2) is 35.7 Å². The van der Waals surface area contributed by atoms with Gasteiger partial charge in [0.25, 0.3) is 5.89 Å². The van der Waals surface area contributed by atoms with Crippen molar-refractivity contribution in [2.24, 2.45) is 5.73 Å². The van der Waals surface area contributed by atoms with Crippen LogP contribution in [-0.2, 0) is 0 Å². The number of hydrogen-bond donors (Lipinski definition) is 1. The Labute approximate surface area is 124 Å². The lowest BCUT2D eigenvalue weighted by molar-refractivity contribution is 0.357. The molecular formula is C12H14BrClN4O. The lowest BCUT2D eigenvalue weighted by Crippen LogP contribution is -2.26. The SMILES string of the molecule is CN(C)CC(N)c1noc(-c2cc(Cl)cc(Br)c2)n1. The molecule has 2 N–H and O–H groups in total. The molecule has 1 unspecified atom stereocenters. The quantitative estimate of drug-likeness (QED) is 0.923. The van der Waals surface area contributed by atoms with Gasteiger partial charge >= 0.3 is 0 Å². The third-order valence-corrected chi connectivity index (χ3v) is 3.12. The molecule has 7 heteroatoms. The van der Waals surface area contributed by atoms with Crippen LogP contribution in [0, 0.1) is 0 Å². The van der Waals surface area contributed by atoms with E-state index in [1.54, 1.807) is 12.1 Å². The lowest BCUT2D eigenvalue weighted by atomic mass is 10.2. The van der Waals surface area contributed by atoms with Gasteiger partial charge in [0.15, 0.2) is 5.82 Å². The smallest absolute Gasteiger partial charge is 0.258 e. The number of likely N-dealkylation sites (N-methyl/N-ethyl adjacent to an activating group) is 1. The summed E-state index contributed by atoms with van der Waals surface area (Å²) in [5, 5.41) is 4.51. The van der Waals surface area contributed by atoms with E-state index >= 15 is 0 Å². The van der Waals surface area contributed by atoms with Crippen LogP contribution in [0.15, 0.2) is 27.2 Å². The molecule has 1 atom stereocenters. The second kappa shape index (κ2) is 6.00. The Hall–Kier alpha value is -0.950. The Morgan fingerprint density at radius 3 is 2.79 bits per heavy atom. The summed E-state index contributed by atoms with van der Waals surface area (Å²) in [5.41, 5.74) is 6.74. The molecule has 0 spiro atoms. The van der Waals surface area contributed by atoms with Crippen LogP contribution in [0.25, 0.3) is 11.5 Å². The van der Waals surface area contributed by atoms with E-state index in [-0.39, 0.29) is 6.04 Å². The van der Waals surface area contributed by atoms with Gasteiger partial charge in [-0.05, 0) is 32.3 Å². The van der Waals surface area contributed by atoms with E-state index in [1.165, 1.54) is 0 Å². The molecular weight excluding hydrogens is 332 g/mol. The zero-order chi connectivity index (χ0) is 14.0. The third-order valence-electron chi connectivity index (χ3n) is 2.44. The summed E-state index contributed by atoms with van der Waals surface area (Å²) in [6.07, 6.45) is 0. The number of rotatable bonds is 4. The van der Waals surface area contributed by atoms with E-state index in [0.29, 0.717) is 23.3 Å². The minimum atomic E-state index is -0.282. The largest absolute Gasteiger partial charge is 0.334 e. The van der Waals surface area contributed by atoms with Gasteiger partial charge in [-0.1, -0.05) is 32.7 Å². The zero-order valence-corrected chi connectivity index (χ0v) is 12.9. The topological polar surface area (TPSA) is 68.2 Å². The van der Waals surface area contributed by atoms with E-state index in [4.69, 9.17) is 21.9 Å². The van der Waals surface area contributed by atoms with Crippen molar-refractivity contribution >= 4 is 27.5 Å². The van der Waals surface area contributed by atoms with Crippen molar-refractivity contribution < 1.29 is 4.52 Å². The summed E-state index contributed by atoms with van der Waals surface area (Å²) in [6.45, 7) is 0.651. The molecule has 0 saturated heterocycles. The number of benzene rings is 1. The second-order valence-corrected chi connectivity index (χ2v) is 5.84. The van der Waals surface area contributed by atoms with Crippen molar-refractivity contribution in [3.05, 3.63) is 33.5 Å². The van der Waals surface area contributed by atoms with Crippen LogP contribution < -0.4 is 5.73 Å². The number of nitrogens with two attached hydrogens (primary N) is 1. The van der Waals surface area contributed by atoms with Gasteiger partial charge in [0.05, 0.1) is 6.04 Å². The van der Waals surface area contributed by atoms with Crippen molar-refractivity contribution in [2.45, 2.75) is 6.04 Å². The Morgan fingerprint density at radius 2 is 2.16 bits per heavy atom. The van der Waals surface area contributed by atoms with Crippen LogP contribution >= 0.6 is 27.5 Å². The fourth-order valence-electron chi connectivity index (χ4n) is 1.66. The number of aromatic nitrogens is 2. The molecule has 1 aromatic heterocycles. The highest BCUT2D eigenvalue weighted by atomic mass is 79.9. The number of halogens is 2. The monoisotopic (exact) mass is 344 g/mol. The Bertz CT molecular complexity index is 552. The predicted molar refractivity (Wildman–Crippen MR) is 77.9 cm³/mol. The molecule has 2 rings (SSSR count). The first-order chi connectivity index (χ1) is 8.95. The van der Waals surface area contributed by atoms with E-state index < -0.39 is 0 Å². The highest BCUT2D eigenvalue weighted by Gasteiger charge is 2.16. The molecule has 0 fully saturated rings. The van der Waals surface area contributed by atoms with Crippen LogP contribution in [0.1, 0.15) is 11.9 Å². The zero-order valence-electron chi connectivity index (χ0n) is 10.6. The van der Waals surface area contributed by atoms with Gasteiger partial charge < -0.3 is 15.2 Å². The van der Waals surface area contributed by atoms with E-state index in [0.717, 1.165) is 10.0 Å². The van der Waals surface area contributed by atoms with Crippen molar-refractivity contribution in [2.75, 3.05) is 20.6 Å². The normalized spacial score (nSPS) is 12.9. The molecule has 0 radical (unpaired) electrons. The minimum absolute atomic E-state index is 0.282. The number of hydrogen-bond acceptors (Lipinski definition) is 5. The average Bonchev–Trinajstić information content (AvgIpc) is 2.75. The molecule has 0 saturated carbocycles. The highest BCUT2D eigenvalue weighted by molar-refractivity contribution is 9.10. The summed E-state index contributed by atoms with van der Waals surface area (Å²) in [5.74, 6) is 0.896. The van der Waals surface area contributed by atoms with E-state index in [2.05, 4.69) is 26.1 Å². The summed E-state index contributed by atoms with van der Waals surface area (Å²) in [4.78, 5) is 6.28. The summed E-state index contributed by atoms with van der Waals surface area (Å²) in [7, 11) is 3.88. The van der Waals surface area contributed by atoms with Crippen LogP contribution in [0.3, 0.4) is 0 Å². The molecule has 102 valence electrons. The maximum Gasteiger partial charge on any atom is 0.258 e. The van der Waals surface area contributed by atoms with Crippen molar-refractivity contribution in [3.8, 4) is 11.5 Å². The van der Waals surface area contributed by atoms with Gasteiger partial charge in [0.2, 0.25) is 0 Å². The van der Waals surface area contributed by atoms with Crippen molar-refractivity contribution in [1.29, 1.82) is 0 Å². The molecule has 0 amide bonds. The first-order valence-electron chi connectivity index (χ1n) is 5.66. The molecule has 19 heavy (non-hydrogen) atoms. The third kappa shape index (κ3) is 3.76. The van der Waals surface area contributed by atoms with Gasteiger partial charge in [0.1, 0.15) is 0 Å². The average molecular weight is 346 g/mol. The van der Waals surface area contributed by atoms with Gasteiger partial charge in [-0.15, -0.1) is 0 Å². The van der Waals surface area contributed by atoms with Crippen LogP contribution in [0.4, 0.5) is 0 Å². The first-order valence-corrected chi connectivity index (χ1v) is 6.83. The Morgan fingerprint density at radius 1 is 1.42 bits per heavy atom. The van der Waals surface area contributed by atoms with Crippen molar-refractivity contribution in [3.63, 3.8) is 0 Å². The maximum atomic E-state index is 5.99. The predicted octanol–water partition coefficient (Wildman–Crippen LogP) is 2.71. The first kappa shape index (κ1) is 14.5. The molecule has 0 bridgehead atoms. The number of nitrogens with zero attached hydrogens (tertiary/aromatic N) is 3. The summed E-state index contributed by atoms with van der Waals surface area (Å²) in [6, 6.07) is 5.14. The second-order valence-electron chi connectivity index (χ2n) is 4.48. The molecule has 1 heterocycles. The molecule has 5 nitrogen and oxygen atoms in total. The molecule has 0 aliphatic carbocycles.